The average Bonchev–Trinajstić information content (AvgIpc) is 2.80. The van der Waals surface area contributed by atoms with E-state index >= 15 is 0 Å². The molecule has 0 spiro atoms. The Hall–Kier alpha value is -2.42. The number of carboxylic acids is 1. The van der Waals surface area contributed by atoms with Gasteiger partial charge in [-0.2, -0.15) is 0 Å². The molecule has 2 heterocycles. The first-order chi connectivity index (χ1) is 11.6. The predicted octanol–water partition coefficient (Wildman–Crippen LogP) is -3.28. The number of carbonyl (C=O) groups excluding carboxylic acids is 2. The molecule has 2 fully saturated rings. The van der Waals surface area contributed by atoms with Crippen molar-refractivity contribution in [3.63, 3.8) is 0 Å². The van der Waals surface area contributed by atoms with E-state index in [1.165, 1.54) is 40.9 Å². The molecule has 4 atom stereocenters. The fraction of sp³-hybridized carbons (Fsp3) is 0.438. The van der Waals surface area contributed by atoms with E-state index in [1.54, 1.807) is 13.8 Å². The molecule has 2 aliphatic rings. The van der Waals surface area contributed by atoms with Gasteiger partial charge >= 0.3 is 5.97 Å². The second-order valence-electron chi connectivity index (χ2n) is 6.65. The number of benzene rings is 1. The van der Waals surface area contributed by atoms with Gasteiger partial charge in [-0.15, -0.1) is 11.8 Å². The van der Waals surface area contributed by atoms with E-state index < -0.39 is 46.0 Å². The number of nitrogens with one attached hydrogen (secondary N) is 1. The molecule has 0 radical (unpaired) electrons. The molecule has 2 aliphatic heterocycles. The van der Waals surface area contributed by atoms with E-state index in [2.05, 4.69) is 5.32 Å². The van der Waals surface area contributed by atoms with E-state index in [0.29, 0.717) is 5.56 Å². The Labute approximate surface area is 170 Å². The smallest absolute Gasteiger partial charge is 0.327 e. The van der Waals surface area contributed by atoms with E-state index in [0.717, 1.165) is 0 Å². The van der Waals surface area contributed by atoms with Crippen molar-refractivity contribution in [2.45, 2.75) is 42.1 Å². The number of amides is 2. The topological polar surface area (TPSA) is 259 Å². The summed E-state index contributed by atoms with van der Waals surface area (Å²) in [6.45, 7) is 3.53. The zero-order valence-electron chi connectivity index (χ0n) is 15.7. The summed E-state index contributed by atoms with van der Waals surface area (Å²) < 4.78 is -0.648. The molecule has 13 N–H and O–H groups in total. The number of fused-ring (bicyclic) bond motifs is 1. The van der Waals surface area contributed by atoms with Crippen LogP contribution in [0.15, 0.2) is 24.3 Å². The van der Waals surface area contributed by atoms with Crippen molar-refractivity contribution in [1.82, 2.24) is 10.2 Å². The summed E-state index contributed by atoms with van der Waals surface area (Å²) in [5.74, 6) is -1.94. The third-order valence-corrected chi connectivity index (χ3v) is 6.08. The van der Waals surface area contributed by atoms with Crippen LogP contribution in [0.25, 0.3) is 0 Å². The number of aliphatic carboxylic acids is 1. The maximum atomic E-state index is 12.3. The lowest BCUT2D eigenvalue weighted by Gasteiger charge is -2.43. The number of phenolic OH excluding ortho intramolecular Hbond substituents is 1. The normalized spacial score (nSPS) is 24.2. The van der Waals surface area contributed by atoms with E-state index in [9.17, 15) is 24.6 Å². The fourth-order valence-corrected chi connectivity index (χ4v) is 4.85. The summed E-state index contributed by atoms with van der Waals surface area (Å²) in [5.41, 5.74) is 6.41. The van der Waals surface area contributed by atoms with Crippen LogP contribution < -0.4 is 11.1 Å². The molecule has 12 nitrogen and oxygen atoms in total. The van der Waals surface area contributed by atoms with Gasteiger partial charge in [0.05, 0.1) is 0 Å². The molecule has 0 bridgehead atoms. The summed E-state index contributed by atoms with van der Waals surface area (Å²) in [7, 11) is 0. The highest BCUT2D eigenvalue weighted by atomic mass is 32.2. The van der Waals surface area contributed by atoms with Crippen molar-refractivity contribution >= 4 is 29.5 Å². The molecule has 0 saturated carbocycles. The fourth-order valence-electron chi connectivity index (χ4n) is 3.22. The second kappa shape index (κ2) is 9.87. The lowest BCUT2D eigenvalue weighted by atomic mass is 9.95. The molecule has 166 valence electrons. The number of nitrogens with zero attached hydrogens (tertiary/aromatic N) is 1. The minimum Gasteiger partial charge on any atom is -0.508 e. The number of hydrogen-bond donors (Lipinski definition) is 4. The van der Waals surface area contributed by atoms with Crippen LogP contribution in [0, 0.1) is 0 Å². The Morgan fingerprint density at radius 1 is 1.17 bits per heavy atom. The van der Waals surface area contributed by atoms with Crippen LogP contribution in [0.4, 0.5) is 0 Å². The molecule has 0 aromatic heterocycles. The zero-order valence-corrected chi connectivity index (χ0v) is 16.5. The number of carbonyl (C=O) groups is 3. The first-order valence-electron chi connectivity index (χ1n) is 7.71. The number of hydrogen-bond acceptors (Lipinski definition) is 6. The number of phenols is 1. The van der Waals surface area contributed by atoms with Gasteiger partial charge in [0.25, 0.3) is 0 Å². The molecule has 0 unspecified atom stereocenters. The van der Waals surface area contributed by atoms with Crippen molar-refractivity contribution in [2.24, 2.45) is 5.73 Å². The monoisotopic (exact) mass is 437 g/mol. The van der Waals surface area contributed by atoms with Crippen LogP contribution >= 0.6 is 11.8 Å². The Kier molecular flexibility index (Phi) is 9.79. The third-order valence-electron chi connectivity index (χ3n) is 4.51. The number of aromatic hydroxyl groups is 1. The van der Waals surface area contributed by atoms with Crippen LogP contribution in [0.1, 0.15) is 25.5 Å². The Bertz CT molecular complexity index is 744. The van der Waals surface area contributed by atoms with Crippen LogP contribution in [0.2, 0.25) is 0 Å². The minimum absolute atomic E-state index is 0. The lowest BCUT2D eigenvalue weighted by Crippen LogP contribution is -2.71. The van der Waals surface area contributed by atoms with Crippen LogP contribution in [0.5, 0.6) is 5.75 Å². The maximum Gasteiger partial charge on any atom is 0.327 e. The van der Waals surface area contributed by atoms with E-state index in [1.807, 2.05) is 0 Å². The first-order valence-corrected chi connectivity index (χ1v) is 8.59. The summed E-state index contributed by atoms with van der Waals surface area (Å²) in [6.07, 6.45) is 0. The number of thioether (sulfide) groups is 1. The van der Waals surface area contributed by atoms with Gasteiger partial charge < -0.3 is 48.1 Å². The van der Waals surface area contributed by atoms with E-state index in [4.69, 9.17) is 5.73 Å². The molecule has 1 aromatic rings. The molecule has 1 aromatic carbocycles. The number of β-lactam (4-membered cyclic amide) rings is 1. The molecular weight excluding hydrogens is 410 g/mol. The Morgan fingerprint density at radius 2 is 1.69 bits per heavy atom. The standard InChI is InChI=1S/C16H19N3O5S.4H2O/c1-16(2)11(15(23)24)19-13(22)10(14(19)25-16)18-12(21)9(17)7-3-5-8(20)6-4-7;;;;/h3-6,9-11,14,20H,17H2,1-2H3,(H,18,21)(H,23,24);4*1H2/t9-,10+,11-,14+;;;;/m0..../s1. The number of rotatable bonds is 4. The van der Waals surface area contributed by atoms with Gasteiger partial charge in [0.1, 0.15) is 29.2 Å². The molecule has 3 rings (SSSR count). The van der Waals surface area contributed by atoms with Gasteiger partial charge in [-0.3, -0.25) is 9.59 Å². The minimum atomic E-state index is -1.06. The van der Waals surface area contributed by atoms with E-state index in [-0.39, 0.29) is 27.7 Å². The van der Waals surface area contributed by atoms with Crippen molar-refractivity contribution in [2.75, 3.05) is 0 Å². The van der Waals surface area contributed by atoms with Crippen molar-refractivity contribution < 1.29 is 46.5 Å². The van der Waals surface area contributed by atoms with Crippen molar-refractivity contribution in [1.29, 1.82) is 0 Å². The highest BCUT2D eigenvalue weighted by Crippen LogP contribution is 2.50. The van der Waals surface area contributed by atoms with Gasteiger partial charge in [0.15, 0.2) is 0 Å². The Balaban J connectivity index is 0. The van der Waals surface area contributed by atoms with Gasteiger partial charge in [-0.05, 0) is 31.5 Å². The van der Waals surface area contributed by atoms with Crippen molar-refractivity contribution in [3.8, 4) is 5.75 Å². The van der Waals surface area contributed by atoms with Gasteiger partial charge in [0, 0.05) is 4.75 Å². The summed E-state index contributed by atoms with van der Waals surface area (Å²) in [5, 5.41) is 20.9. The molecule has 2 amide bonds. The summed E-state index contributed by atoms with van der Waals surface area (Å²) in [4.78, 5) is 37.5. The molecule has 2 saturated heterocycles. The highest BCUT2D eigenvalue weighted by Gasteiger charge is 2.64. The second-order valence-corrected chi connectivity index (χ2v) is 8.42. The van der Waals surface area contributed by atoms with Crippen LogP contribution in [-0.2, 0) is 14.4 Å². The maximum absolute atomic E-state index is 12.3. The van der Waals surface area contributed by atoms with Gasteiger partial charge in [-0.1, -0.05) is 12.1 Å². The molecule has 29 heavy (non-hydrogen) atoms. The predicted molar refractivity (Wildman–Crippen MR) is 105 cm³/mol. The summed E-state index contributed by atoms with van der Waals surface area (Å²) >= 11 is 1.35. The lowest BCUT2D eigenvalue weighted by molar-refractivity contribution is -0.161. The van der Waals surface area contributed by atoms with Crippen LogP contribution in [0.3, 0.4) is 0 Å². The Morgan fingerprint density at radius 3 is 2.17 bits per heavy atom. The molecule has 0 aliphatic carbocycles. The summed E-state index contributed by atoms with van der Waals surface area (Å²) in [6, 6.07) is 3.21. The van der Waals surface area contributed by atoms with Gasteiger partial charge in [-0.25, -0.2) is 4.79 Å². The molecule has 13 heteroatoms. The number of carboxylic acid groups (broad SMARTS) is 1. The highest BCUT2D eigenvalue weighted by molar-refractivity contribution is 8.01. The zero-order chi connectivity index (χ0) is 18.5. The van der Waals surface area contributed by atoms with Gasteiger partial charge in [0.2, 0.25) is 11.8 Å². The molecular formula is C16H27N3O9S. The third kappa shape index (κ3) is 4.77. The largest absolute Gasteiger partial charge is 0.508 e. The van der Waals surface area contributed by atoms with Crippen molar-refractivity contribution in [3.05, 3.63) is 29.8 Å². The SMILES string of the molecule is CC1(C)S[C@@H]2[C@H](NC(=O)[C@@H](N)c3ccc(O)cc3)C(=O)N2[C@H]1C(=O)O.O.O.O.O. The van der Waals surface area contributed by atoms with Crippen LogP contribution in [-0.4, -0.2) is 77.0 Å². The quantitative estimate of drug-likeness (QED) is 0.349. The number of nitrogens with two attached hydrogens (primary N) is 1. The first kappa shape index (κ1) is 28.8. The average molecular weight is 437 g/mol.